The number of hydrogen-bond acceptors (Lipinski definition) is 5. The van der Waals surface area contributed by atoms with E-state index < -0.39 is 6.10 Å². The first kappa shape index (κ1) is 18.9. The molecule has 1 heterocycles. The van der Waals surface area contributed by atoms with E-state index >= 15 is 0 Å². The molecule has 0 aliphatic heterocycles. The summed E-state index contributed by atoms with van der Waals surface area (Å²) in [5, 5.41) is 20.6. The third-order valence-electron chi connectivity index (χ3n) is 4.42. The molecular formula is C22H24N2O3. The van der Waals surface area contributed by atoms with Crippen LogP contribution in [-0.2, 0) is 6.54 Å². The van der Waals surface area contributed by atoms with Crippen LogP contribution < -0.4 is 4.74 Å². The smallest absolute Gasteiger partial charge is 0.213 e. The SMILES string of the molecule is COc1cccc(-c2ccc(O)c(CN(C)CC(O)c3ccccc3)c2)n1. The zero-order chi connectivity index (χ0) is 19.2. The molecule has 0 amide bonds. The number of aromatic nitrogens is 1. The summed E-state index contributed by atoms with van der Waals surface area (Å²) in [4.78, 5) is 6.42. The number of hydrogen-bond donors (Lipinski definition) is 2. The number of benzene rings is 2. The summed E-state index contributed by atoms with van der Waals surface area (Å²) in [5.41, 5.74) is 3.34. The molecule has 2 N–H and O–H groups in total. The number of aliphatic hydroxyl groups excluding tert-OH is 1. The van der Waals surface area contributed by atoms with E-state index in [0.717, 1.165) is 22.4 Å². The van der Waals surface area contributed by atoms with Crippen molar-refractivity contribution in [2.75, 3.05) is 20.7 Å². The molecule has 1 atom stereocenters. The van der Waals surface area contributed by atoms with Gasteiger partial charge >= 0.3 is 0 Å². The van der Waals surface area contributed by atoms with Crippen molar-refractivity contribution in [2.24, 2.45) is 0 Å². The highest BCUT2D eigenvalue weighted by molar-refractivity contribution is 5.62. The molecule has 0 fully saturated rings. The van der Waals surface area contributed by atoms with Gasteiger partial charge in [0.1, 0.15) is 5.75 Å². The average molecular weight is 364 g/mol. The van der Waals surface area contributed by atoms with Gasteiger partial charge in [0.25, 0.3) is 0 Å². The number of phenols is 1. The van der Waals surface area contributed by atoms with E-state index in [1.165, 1.54) is 0 Å². The summed E-state index contributed by atoms with van der Waals surface area (Å²) in [6, 6.07) is 20.6. The molecule has 3 rings (SSSR count). The summed E-state index contributed by atoms with van der Waals surface area (Å²) in [6.45, 7) is 0.971. The Bertz CT molecular complexity index is 884. The van der Waals surface area contributed by atoms with Gasteiger partial charge in [0.2, 0.25) is 5.88 Å². The molecule has 0 spiro atoms. The van der Waals surface area contributed by atoms with Crippen LogP contribution in [0, 0.1) is 0 Å². The first-order valence-corrected chi connectivity index (χ1v) is 8.81. The van der Waals surface area contributed by atoms with Gasteiger partial charge in [-0.2, -0.15) is 0 Å². The lowest BCUT2D eigenvalue weighted by atomic mass is 10.1. The molecule has 27 heavy (non-hydrogen) atoms. The van der Waals surface area contributed by atoms with Crippen molar-refractivity contribution in [1.82, 2.24) is 9.88 Å². The molecule has 0 saturated heterocycles. The number of ether oxygens (including phenoxy) is 1. The van der Waals surface area contributed by atoms with Crippen molar-refractivity contribution in [2.45, 2.75) is 12.6 Å². The molecule has 0 aliphatic rings. The van der Waals surface area contributed by atoms with Gasteiger partial charge in [0, 0.05) is 30.3 Å². The highest BCUT2D eigenvalue weighted by Crippen LogP contribution is 2.27. The molecule has 140 valence electrons. The Morgan fingerprint density at radius 1 is 1.04 bits per heavy atom. The van der Waals surface area contributed by atoms with E-state index in [1.54, 1.807) is 19.2 Å². The van der Waals surface area contributed by atoms with E-state index in [0.29, 0.717) is 19.0 Å². The standard InChI is InChI=1S/C22H24N2O3/c1-24(15-21(26)16-7-4-3-5-8-16)14-18-13-17(11-12-20(18)25)19-9-6-10-22(23-19)27-2/h3-13,21,25-26H,14-15H2,1-2H3. The quantitative estimate of drug-likeness (QED) is 0.670. The van der Waals surface area contributed by atoms with Crippen molar-refractivity contribution in [1.29, 1.82) is 0 Å². The Morgan fingerprint density at radius 2 is 1.81 bits per heavy atom. The normalized spacial score (nSPS) is 12.1. The molecule has 0 aliphatic carbocycles. The van der Waals surface area contributed by atoms with Gasteiger partial charge in [0.15, 0.2) is 0 Å². The highest BCUT2D eigenvalue weighted by Gasteiger charge is 2.13. The topological polar surface area (TPSA) is 65.8 Å². The van der Waals surface area contributed by atoms with Crippen molar-refractivity contribution < 1.29 is 14.9 Å². The first-order valence-electron chi connectivity index (χ1n) is 8.81. The van der Waals surface area contributed by atoms with Crippen LogP contribution in [0.15, 0.2) is 66.7 Å². The zero-order valence-corrected chi connectivity index (χ0v) is 15.5. The Labute approximate surface area is 159 Å². The summed E-state index contributed by atoms with van der Waals surface area (Å²) >= 11 is 0. The Balaban J connectivity index is 1.74. The number of nitrogens with zero attached hydrogens (tertiary/aromatic N) is 2. The molecule has 5 nitrogen and oxygen atoms in total. The molecule has 0 radical (unpaired) electrons. The minimum atomic E-state index is -0.582. The van der Waals surface area contributed by atoms with E-state index in [9.17, 15) is 10.2 Å². The minimum Gasteiger partial charge on any atom is -0.508 e. The van der Waals surface area contributed by atoms with Crippen LogP contribution in [0.3, 0.4) is 0 Å². The number of aromatic hydroxyl groups is 1. The molecule has 5 heteroatoms. The minimum absolute atomic E-state index is 0.225. The van der Waals surface area contributed by atoms with Crippen LogP contribution in [0.5, 0.6) is 11.6 Å². The second-order valence-electron chi connectivity index (χ2n) is 6.53. The molecule has 0 bridgehead atoms. The molecule has 1 unspecified atom stereocenters. The molecule has 1 aromatic heterocycles. The Kier molecular flexibility index (Phi) is 6.06. The van der Waals surface area contributed by atoms with Gasteiger partial charge < -0.3 is 14.9 Å². The zero-order valence-electron chi connectivity index (χ0n) is 15.5. The fraction of sp³-hybridized carbons (Fsp3) is 0.227. The maximum absolute atomic E-state index is 10.4. The van der Waals surface area contributed by atoms with Crippen LogP contribution in [0.2, 0.25) is 0 Å². The molecule has 2 aromatic carbocycles. The lowest BCUT2D eigenvalue weighted by Gasteiger charge is -2.21. The van der Waals surface area contributed by atoms with Crippen LogP contribution in [0.1, 0.15) is 17.2 Å². The number of phenolic OH excluding ortho intramolecular Hbond substituents is 1. The van der Waals surface area contributed by atoms with Crippen molar-refractivity contribution in [3.63, 3.8) is 0 Å². The van der Waals surface area contributed by atoms with Gasteiger partial charge in [-0.1, -0.05) is 36.4 Å². The fourth-order valence-corrected chi connectivity index (χ4v) is 2.99. The number of methoxy groups -OCH3 is 1. The predicted molar refractivity (Wildman–Crippen MR) is 106 cm³/mol. The Hall–Kier alpha value is -2.89. The third-order valence-corrected chi connectivity index (χ3v) is 4.42. The number of pyridine rings is 1. The second kappa shape index (κ2) is 8.66. The second-order valence-corrected chi connectivity index (χ2v) is 6.53. The monoisotopic (exact) mass is 364 g/mol. The number of rotatable bonds is 7. The van der Waals surface area contributed by atoms with Gasteiger partial charge in [-0.3, -0.25) is 4.90 Å². The summed E-state index contributed by atoms with van der Waals surface area (Å²) < 4.78 is 5.18. The summed E-state index contributed by atoms with van der Waals surface area (Å²) in [7, 11) is 3.50. The largest absolute Gasteiger partial charge is 0.508 e. The van der Waals surface area contributed by atoms with Crippen molar-refractivity contribution >= 4 is 0 Å². The van der Waals surface area contributed by atoms with Gasteiger partial charge in [-0.25, -0.2) is 4.98 Å². The van der Waals surface area contributed by atoms with E-state index in [-0.39, 0.29) is 5.75 Å². The fourth-order valence-electron chi connectivity index (χ4n) is 2.99. The average Bonchev–Trinajstić information content (AvgIpc) is 2.70. The highest BCUT2D eigenvalue weighted by atomic mass is 16.5. The first-order chi connectivity index (χ1) is 13.1. The maximum atomic E-state index is 10.4. The van der Waals surface area contributed by atoms with Crippen molar-refractivity contribution in [3.05, 3.63) is 77.9 Å². The van der Waals surface area contributed by atoms with Crippen LogP contribution in [0.4, 0.5) is 0 Å². The van der Waals surface area contributed by atoms with Crippen LogP contribution in [0.25, 0.3) is 11.3 Å². The summed E-state index contributed by atoms with van der Waals surface area (Å²) in [5.74, 6) is 0.771. The summed E-state index contributed by atoms with van der Waals surface area (Å²) in [6.07, 6.45) is -0.582. The van der Waals surface area contributed by atoms with Gasteiger partial charge in [0.05, 0.1) is 18.9 Å². The van der Waals surface area contributed by atoms with E-state index in [4.69, 9.17) is 4.74 Å². The predicted octanol–water partition coefficient (Wildman–Crippen LogP) is 3.63. The van der Waals surface area contributed by atoms with Gasteiger partial charge in [-0.05, 0) is 36.9 Å². The maximum Gasteiger partial charge on any atom is 0.213 e. The van der Waals surface area contributed by atoms with Crippen molar-refractivity contribution in [3.8, 4) is 22.9 Å². The van der Waals surface area contributed by atoms with Crippen LogP contribution >= 0.6 is 0 Å². The van der Waals surface area contributed by atoms with Gasteiger partial charge in [-0.15, -0.1) is 0 Å². The lowest BCUT2D eigenvalue weighted by Crippen LogP contribution is -2.24. The number of aliphatic hydroxyl groups is 1. The third kappa shape index (κ3) is 4.84. The number of likely N-dealkylation sites (N-methyl/N-ethyl adjacent to an activating group) is 1. The molecule has 3 aromatic rings. The van der Waals surface area contributed by atoms with E-state index in [1.807, 2.05) is 66.5 Å². The van der Waals surface area contributed by atoms with Crippen LogP contribution in [-0.4, -0.2) is 40.8 Å². The van der Waals surface area contributed by atoms with E-state index in [2.05, 4.69) is 4.98 Å². The molecule has 0 saturated carbocycles. The molecular weight excluding hydrogens is 340 g/mol. The Morgan fingerprint density at radius 3 is 2.56 bits per heavy atom. The lowest BCUT2D eigenvalue weighted by molar-refractivity contribution is 0.123.